The molecule has 4 heteroatoms. The van der Waals surface area contributed by atoms with Gasteiger partial charge in [0.2, 0.25) is 0 Å². The van der Waals surface area contributed by atoms with Crippen molar-refractivity contribution in [3.63, 3.8) is 0 Å². The lowest BCUT2D eigenvalue weighted by atomic mass is 10.2. The quantitative estimate of drug-likeness (QED) is 0.869. The van der Waals surface area contributed by atoms with E-state index in [1.807, 2.05) is 12.1 Å². The summed E-state index contributed by atoms with van der Waals surface area (Å²) in [4.78, 5) is 12.7. The van der Waals surface area contributed by atoms with Crippen molar-refractivity contribution in [3.05, 3.63) is 47.7 Å². The molecule has 2 aromatic rings. The van der Waals surface area contributed by atoms with Crippen LogP contribution in [0.1, 0.15) is 23.4 Å². The van der Waals surface area contributed by atoms with Crippen LogP contribution in [0, 0.1) is 0 Å². The Morgan fingerprint density at radius 1 is 1.18 bits per heavy atom. The van der Waals surface area contributed by atoms with E-state index in [0.29, 0.717) is 6.54 Å². The summed E-state index contributed by atoms with van der Waals surface area (Å²) in [5.74, 6) is 0.935. The Morgan fingerprint density at radius 2 is 2.18 bits per heavy atom. The van der Waals surface area contributed by atoms with Crippen LogP contribution >= 0.6 is 0 Å². The highest BCUT2D eigenvalue weighted by Gasteiger charge is 2.12. The fourth-order valence-corrected chi connectivity index (χ4v) is 2.12. The van der Waals surface area contributed by atoms with E-state index in [1.165, 1.54) is 24.1 Å². The number of aryl methyl sites for hydroxylation is 2. The zero-order chi connectivity index (χ0) is 11.5. The van der Waals surface area contributed by atoms with Crippen molar-refractivity contribution in [1.29, 1.82) is 0 Å². The van der Waals surface area contributed by atoms with Crippen molar-refractivity contribution >= 4 is 5.82 Å². The molecule has 1 N–H and O–H groups in total. The van der Waals surface area contributed by atoms with Gasteiger partial charge in [-0.3, -0.25) is 0 Å². The van der Waals surface area contributed by atoms with Crippen LogP contribution in [-0.4, -0.2) is 15.0 Å². The minimum atomic E-state index is 0.689. The summed E-state index contributed by atoms with van der Waals surface area (Å²) in [6, 6.07) is 6.13. The number of aromatic nitrogens is 3. The third kappa shape index (κ3) is 2.25. The number of pyridine rings is 1. The first kappa shape index (κ1) is 10.2. The lowest BCUT2D eigenvalue weighted by Gasteiger charge is -2.06. The van der Waals surface area contributed by atoms with E-state index in [4.69, 9.17) is 0 Å². The Morgan fingerprint density at radius 3 is 3.06 bits per heavy atom. The third-order valence-corrected chi connectivity index (χ3v) is 3.02. The normalized spacial score (nSPS) is 13.4. The van der Waals surface area contributed by atoms with Gasteiger partial charge in [0.1, 0.15) is 12.1 Å². The average Bonchev–Trinajstić information content (AvgIpc) is 2.85. The molecule has 1 aliphatic rings. The molecule has 2 aromatic heterocycles. The van der Waals surface area contributed by atoms with Crippen LogP contribution in [0.3, 0.4) is 0 Å². The monoisotopic (exact) mass is 226 g/mol. The molecule has 0 fully saturated rings. The van der Waals surface area contributed by atoms with Gasteiger partial charge in [0.15, 0.2) is 0 Å². The molecule has 3 rings (SSSR count). The second-order valence-corrected chi connectivity index (χ2v) is 4.21. The second kappa shape index (κ2) is 4.49. The average molecular weight is 226 g/mol. The Hall–Kier alpha value is -1.97. The topological polar surface area (TPSA) is 50.7 Å². The molecular weight excluding hydrogens is 212 g/mol. The molecule has 4 nitrogen and oxygen atoms in total. The summed E-state index contributed by atoms with van der Waals surface area (Å²) >= 11 is 0. The third-order valence-electron chi connectivity index (χ3n) is 3.02. The molecule has 0 aromatic carbocycles. The second-order valence-electron chi connectivity index (χ2n) is 4.21. The summed E-state index contributed by atoms with van der Waals surface area (Å²) in [6.45, 7) is 0.689. The van der Waals surface area contributed by atoms with Crippen LogP contribution in [0.2, 0.25) is 0 Å². The highest BCUT2D eigenvalue weighted by molar-refractivity contribution is 5.40. The van der Waals surface area contributed by atoms with Gasteiger partial charge in [-0.2, -0.15) is 0 Å². The molecule has 17 heavy (non-hydrogen) atoms. The first-order chi connectivity index (χ1) is 8.42. The first-order valence-corrected chi connectivity index (χ1v) is 5.89. The SMILES string of the molecule is c1cc(CNc2ccc3c(n2)CCC3)ncn1. The summed E-state index contributed by atoms with van der Waals surface area (Å²) in [6.07, 6.45) is 6.83. The highest BCUT2D eigenvalue weighted by atomic mass is 15.0. The zero-order valence-electron chi connectivity index (χ0n) is 9.56. The molecule has 0 spiro atoms. The van der Waals surface area contributed by atoms with Gasteiger partial charge < -0.3 is 5.32 Å². The number of nitrogens with one attached hydrogen (secondary N) is 1. The van der Waals surface area contributed by atoms with Gasteiger partial charge in [0.05, 0.1) is 12.2 Å². The zero-order valence-corrected chi connectivity index (χ0v) is 9.56. The standard InChI is InChI=1S/C13H14N4/c1-2-10-4-5-13(17-12(10)3-1)15-8-11-6-7-14-9-16-11/h4-7,9H,1-3,8H2,(H,15,17). The maximum absolute atomic E-state index is 4.61. The molecule has 0 saturated heterocycles. The van der Waals surface area contributed by atoms with Gasteiger partial charge >= 0.3 is 0 Å². The van der Waals surface area contributed by atoms with Crippen molar-refractivity contribution in [3.8, 4) is 0 Å². The van der Waals surface area contributed by atoms with Crippen molar-refractivity contribution in [2.45, 2.75) is 25.8 Å². The van der Waals surface area contributed by atoms with Gasteiger partial charge in [0.25, 0.3) is 0 Å². The van der Waals surface area contributed by atoms with Gasteiger partial charge in [0, 0.05) is 11.9 Å². The number of hydrogen-bond donors (Lipinski definition) is 1. The summed E-state index contributed by atoms with van der Waals surface area (Å²) in [5.41, 5.74) is 3.62. The van der Waals surface area contributed by atoms with Crippen LogP contribution in [0.5, 0.6) is 0 Å². The van der Waals surface area contributed by atoms with Crippen LogP contribution in [0.15, 0.2) is 30.7 Å². The van der Waals surface area contributed by atoms with Crippen molar-refractivity contribution in [2.75, 3.05) is 5.32 Å². The van der Waals surface area contributed by atoms with E-state index >= 15 is 0 Å². The largest absolute Gasteiger partial charge is 0.364 e. The first-order valence-electron chi connectivity index (χ1n) is 5.89. The molecule has 1 aliphatic carbocycles. The molecule has 0 unspecified atom stereocenters. The van der Waals surface area contributed by atoms with Crippen molar-refractivity contribution < 1.29 is 0 Å². The van der Waals surface area contributed by atoms with E-state index < -0.39 is 0 Å². The highest BCUT2D eigenvalue weighted by Crippen LogP contribution is 2.21. The molecule has 0 radical (unpaired) electrons. The summed E-state index contributed by atoms with van der Waals surface area (Å²) in [7, 11) is 0. The van der Waals surface area contributed by atoms with E-state index in [0.717, 1.165) is 17.9 Å². The predicted octanol–water partition coefficient (Wildman–Crippen LogP) is 1.97. The maximum atomic E-state index is 4.61. The number of nitrogens with zero attached hydrogens (tertiary/aromatic N) is 3. The molecule has 86 valence electrons. The van der Waals surface area contributed by atoms with E-state index in [1.54, 1.807) is 12.5 Å². The lowest BCUT2D eigenvalue weighted by Crippen LogP contribution is -2.04. The van der Waals surface area contributed by atoms with E-state index in [2.05, 4.69) is 26.3 Å². The van der Waals surface area contributed by atoms with E-state index in [9.17, 15) is 0 Å². The molecule has 2 heterocycles. The van der Waals surface area contributed by atoms with Crippen LogP contribution in [0.4, 0.5) is 5.82 Å². The van der Waals surface area contributed by atoms with Crippen LogP contribution in [0.25, 0.3) is 0 Å². The number of rotatable bonds is 3. The molecular formula is C13H14N4. The van der Waals surface area contributed by atoms with E-state index in [-0.39, 0.29) is 0 Å². The number of hydrogen-bond acceptors (Lipinski definition) is 4. The minimum Gasteiger partial charge on any atom is -0.364 e. The number of anilines is 1. The predicted molar refractivity (Wildman–Crippen MR) is 65.6 cm³/mol. The van der Waals surface area contributed by atoms with Crippen molar-refractivity contribution in [2.24, 2.45) is 0 Å². The van der Waals surface area contributed by atoms with Crippen LogP contribution in [-0.2, 0) is 19.4 Å². The van der Waals surface area contributed by atoms with Gasteiger partial charge in [-0.1, -0.05) is 6.07 Å². The smallest absolute Gasteiger partial charge is 0.126 e. The molecule has 0 atom stereocenters. The number of fused-ring (bicyclic) bond motifs is 1. The molecule has 0 aliphatic heterocycles. The van der Waals surface area contributed by atoms with Crippen molar-refractivity contribution in [1.82, 2.24) is 15.0 Å². The van der Waals surface area contributed by atoms with Crippen LogP contribution < -0.4 is 5.32 Å². The van der Waals surface area contributed by atoms with Gasteiger partial charge in [-0.05, 0) is 37.0 Å². The Kier molecular flexibility index (Phi) is 2.69. The fraction of sp³-hybridized carbons (Fsp3) is 0.308. The van der Waals surface area contributed by atoms with Gasteiger partial charge in [-0.25, -0.2) is 15.0 Å². The molecule has 0 bridgehead atoms. The molecule has 0 amide bonds. The molecule has 0 saturated carbocycles. The van der Waals surface area contributed by atoms with Gasteiger partial charge in [-0.15, -0.1) is 0 Å². The minimum absolute atomic E-state index is 0.689. The summed E-state index contributed by atoms with van der Waals surface area (Å²) < 4.78 is 0. The summed E-state index contributed by atoms with van der Waals surface area (Å²) in [5, 5.41) is 3.29. The Bertz CT molecular complexity index is 510. The Balaban J connectivity index is 1.70. The fourth-order valence-electron chi connectivity index (χ4n) is 2.12. The lowest BCUT2D eigenvalue weighted by molar-refractivity contribution is 0.898. The maximum Gasteiger partial charge on any atom is 0.126 e. The Labute approximate surface area is 100 Å².